The fraction of sp³-hybridized carbons (Fsp3) is 0.214. The fourth-order valence-corrected chi connectivity index (χ4v) is 2.45. The molecule has 3 rings (SSSR count). The number of aromatic nitrogens is 1. The van der Waals surface area contributed by atoms with Crippen LogP contribution >= 0.6 is 11.6 Å². The maximum atomic E-state index is 5.93. The number of benzene rings is 1. The van der Waals surface area contributed by atoms with Gasteiger partial charge in [-0.3, -0.25) is 0 Å². The number of hydrogen-bond donors (Lipinski definition) is 1. The summed E-state index contributed by atoms with van der Waals surface area (Å²) in [6.45, 7) is 0. The van der Waals surface area contributed by atoms with Crippen molar-refractivity contribution in [2.24, 2.45) is 0 Å². The number of nitrogen functional groups attached to an aromatic ring is 1. The lowest BCUT2D eigenvalue weighted by molar-refractivity contribution is 0.233. The molecule has 0 saturated carbocycles. The number of fused-ring (bicyclic) bond motifs is 1. The van der Waals surface area contributed by atoms with Gasteiger partial charge in [0.15, 0.2) is 0 Å². The van der Waals surface area contributed by atoms with Crippen LogP contribution in [0, 0.1) is 0 Å². The van der Waals surface area contributed by atoms with E-state index >= 15 is 0 Å². The number of rotatable bonds is 2. The Hall–Kier alpha value is -1.74. The minimum atomic E-state index is 0.116. The Kier molecular flexibility index (Phi) is 2.84. The summed E-state index contributed by atoms with van der Waals surface area (Å²) >= 11 is 5.93. The molecule has 0 fully saturated rings. The molecule has 2 heterocycles. The van der Waals surface area contributed by atoms with Crippen molar-refractivity contribution in [2.45, 2.75) is 18.9 Å². The minimum absolute atomic E-state index is 0.116. The number of pyridine rings is 1. The summed E-state index contributed by atoms with van der Waals surface area (Å²) < 4.78 is 5.88. The van der Waals surface area contributed by atoms with Crippen LogP contribution in [-0.4, -0.2) is 11.1 Å². The van der Waals surface area contributed by atoms with Crippen LogP contribution in [0.4, 0.5) is 5.82 Å². The lowest BCUT2D eigenvalue weighted by atomic mass is 10.0. The molecule has 92 valence electrons. The molecule has 1 aliphatic heterocycles. The molecule has 1 unspecified atom stereocenters. The largest absolute Gasteiger partial charge is 0.489 e. The SMILES string of the molecule is Nc1ncc(Cl)cc1CC1Cc2ccccc2O1. The molecule has 4 heteroatoms. The summed E-state index contributed by atoms with van der Waals surface area (Å²) in [5.41, 5.74) is 8.04. The molecule has 0 aliphatic carbocycles. The van der Waals surface area contributed by atoms with Crippen LogP contribution in [0.2, 0.25) is 5.02 Å². The zero-order valence-electron chi connectivity index (χ0n) is 9.77. The van der Waals surface area contributed by atoms with Gasteiger partial charge in [-0.05, 0) is 23.3 Å². The summed E-state index contributed by atoms with van der Waals surface area (Å²) in [7, 11) is 0. The van der Waals surface area contributed by atoms with Crippen LogP contribution in [0.15, 0.2) is 36.5 Å². The standard InChI is InChI=1S/C14H13ClN2O/c15-11-5-10(14(16)17-8-11)7-12-6-9-3-1-2-4-13(9)18-12/h1-5,8,12H,6-7H2,(H2,16,17). The molecular weight excluding hydrogens is 248 g/mol. The molecule has 2 aromatic rings. The van der Waals surface area contributed by atoms with Gasteiger partial charge in [-0.2, -0.15) is 0 Å². The molecule has 0 bridgehead atoms. The molecule has 0 amide bonds. The smallest absolute Gasteiger partial charge is 0.126 e. The molecule has 0 saturated heterocycles. The Morgan fingerprint density at radius 2 is 2.22 bits per heavy atom. The number of ether oxygens (including phenoxy) is 1. The normalized spacial score (nSPS) is 17.3. The monoisotopic (exact) mass is 260 g/mol. The highest BCUT2D eigenvalue weighted by Crippen LogP contribution is 2.30. The van der Waals surface area contributed by atoms with Gasteiger partial charge in [0.2, 0.25) is 0 Å². The van der Waals surface area contributed by atoms with Crippen molar-refractivity contribution in [1.82, 2.24) is 4.98 Å². The maximum Gasteiger partial charge on any atom is 0.126 e. The zero-order valence-corrected chi connectivity index (χ0v) is 10.5. The summed E-state index contributed by atoms with van der Waals surface area (Å²) in [6, 6.07) is 9.95. The Morgan fingerprint density at radius 1 is 1.39 bits per heavy atom. The second-order valence-electron chi connectivity index (χ2n) is 4.45. The van der Waals surface area contributed by atoms with Gasteiger partial charge < -0.3 is 10.5 Å². The van der Waals surface area contributed by atoms with Gasteiger partial charge in [-0.15, -0.1) is 0 Å². The Bertz CT molecular complexity index is 561. The first kappa shape index (κ1) is 11.4. The lowest BCUT2D eigenvalue weighted by Gasteiger charge is -2.12. The average Bonchev–Trinajstić information content (AvgIpc) is 2.76. The highest BCUT2D eigenvalue weighted by atomic mass is 35.5. The molecule has 18 heavy (non-hydrogen) atoms. The number of hydrogen-bond acceptors (Lipinski definition) is 3. The van der Waals surface area contributed by atoms with Gasteiger partial charge in [0, 0.05) is 19.0 Å². The third kappa shape index (κ3) is 2.14. The van der Waals surface area contributed by atoms with E-state index < -0.39 is 0 Å². The minimum Gasteiger partial charge on any atom is -0.489 e. The first-order valence-corrected chi connectivity index (χ1v) is 6.24. The second-order valence-corrected chi connectivity index (χ2v) is 4.89. The van der Waals surface area contributed by atoms with Crippen molar-refractivity contribution in [1.29, 1.82) is 0 Å². The van der Waals surface area contributed by atoms with Gasteiger partial charge >= 0.3 is 0 Å². The van der Waals surface area contributed by atoms with Gasteiger partial charge in [-0.25, -0.2) is 4.98 Å². The fourth-order valence-electron chi connectivity index (χ4n) is 2.27. The van der Waals surface area contributed by atoms with E-state index in [-0.39, 0.29) is 6.10 Å². The summed E-state index contributed by atoms with van der Waals surface area (Å²) in [6.07, 6.45) is 3.31. The van der Waals surface area contributed by atoms with Gasteiger partial charge in [0.1, 0.15) is 17.7 Å². The van der Waals surface area contributed by atoms with Gasteiger partial charge in [0.05, 0.1) is 5.02 Å². The lowest BCUT2D eigenvalue weighted by Crippen LogP contribution is -2.17. The van der Waals surface area contributed by atoms with Gasteiger partial charge in [0.25, 0.3) is 0 Å². The van der Waals surface area contributed by atoms with Crippen LogP contribution in [0.3, 0.4) is 0 Å². The van der Waals surface area contributed by atoms with Crippen molar-refractivity contribution >= 4 is 17.4 Å². The van der Waals surface area contributed by atoms with E-state index in [0.29, 0.717) is 10.8 Å². The molecule has 1 aliphatic rings. The van der Waals surface area contributed by atoms with E-state index in [1.165, 1.54) is 5.56 Å². The Morgan fingerprint density at radius 3 is 3.06 bits per heavy atom. The van der Waals surface area contributed by atoms with E-state index in [1.54, 1.807) is 6.20 Å². The highest BCUT2D eigenvalue weighted by Gasteiger charge is 2.23. The van der Waals surface area contributed by atoms with Crippen LogP contribution in [0.25, 0.3) is 0 Å². The van der Waals surface area contributed by atoms with Crippen molar-refractivity contribution < 1.29 is 4.74 Å². The number of nitrogens with zero attached hydrogens (tertiary/aromatic N) is 1. The van der Waals surface area contributed by atoms with Crippen molar-refractivity contribution in [3.8, 4) is 5.75 Å². The van der Waals surface area contributed by atoms with E-state index in [4.69, 9.17) is 22.1 Å². The van der Waals surface area contributed by atoms with E-state index in [2.05, 4.69) is 11.1 Å². The van der Waals surface area contributed by atoms with E-state index in [1.807, 2.05) is 24.3 Å². The Balaban J connectivity index is 1.78. The molecule has 1 aromatic carbocycles. The predicted octanol–water partition coefficient (Wildman–Crippen LogP) is 2.86. The average molecular weight is 261 g/mol. The number of halogens is 1. The van der Waals surface area contributed by atoms with Crippen LogP contribution in [0.5, 0.6) is 5.75 Å². The number of anilines is 1. The van der Waals surface area contributed by atoms with Crippen molar-refractivity contribution in [3.63, 3.8) is 0 Å². The summed E-state index contributed by atoms with van der Waals surface area (Å²) in [5.74, 6) is 1.50. The topological polar surface area (TPSA) is 48.1 Å². The van der Waals surface area contributed by atoms with Crippen LogP contribution < -0.4 is 10.5 Å². The number of para-hydroxylation sites is 1. The van der Waals surface area contributed by atoms with Crippen LogP contribution in [0.1, 0.15) is 11.1 Å². The molecule has 3 nitrogen and oxygen atoms in total. The first-order valence-electron chi connectivity index (χ1n) is 5.87. The van der Waals surface area contributed by atoms with Gasteiger partial charge in [-0.1, -0.05) is 29.8 Å². The highest BCUT2D eigenvalue weighted by molar-refractivity contribution is 6.30. The maximum absolute atomic E-state index is 5.93. The van der Waals surface area contributed by atoms with E-state index in [9.17, 15) is 0 Å². The van der Waals surface area contributed by atoms with Crippen LogP contribution in [-0.2, 0) is 12.8 Å². The third-order valence-corrected chi connectivity index (χ3v) is 3.34. The molecule has 1 aromatic heterocycles. The third-order valence-electron chi connectivity index (χ3n) is 3.13. The summed E-state index contributed by atoms with van der Waals surface area (Å²) in [5, 5.41) is 0.606. The zero-order chi connectivity index (χ0) is 12.5. The first-order chi connectivity index (χ1) is 8.72. The molecule has 0 radical (unpaired) electrons. The van der Waals surface area contributed by atoms with Crippen molar-refractivity contribution in [2.75, 3.05) is 5.73 Å². The molecule has 0 spiro atoms. The number of nitrogens with two attached hydrogens (primary N) is 1. The predicted molar refractivity (Wildman–Crippen MR) is 71.9 cm³/mol. The molecular formula is C14H13ClN2O. The molecule has 2 N–H and O–H groups in total. The Labute approximate surface area is 111 Å². The molecule has 1 atom stereocenters. The van der Waals surface area contributed by atoms with E-state index in [0.717, 1.165) is 24.2 Å². The summed E-state index contributed by atoms with van der Waals surface area (Å²) in [4.78, 5) is 4.06. The quantitative estimate of drug-likeness (QED) is 0.903. The van der Waals surface area contributed by atoms with Crippen molar-refractivity contribution in [3.05, 3.63) is 52.7 Å². The second kappa shape index (κ2) is 4.50.